The first kappa shape index (κ1) is 14.1. The lowest BCUT2D eigenvalue weighted by Gasteiger charge is -2.10. The van der Waals surface area contributed by atoms with Crippen molar-refractivity contribution in [3.05, 3.63) is 64.2 Å². The van der Waals surface area contributed by atoms with E-state index in [1.807, 2.05) is 0 Å². The number of halogens is 1. The van der Waals surface area contributed by atoms with Gasteiger partial charge in [0.1, 0.15) is 0 Å². The Bertz CT molecular complexity index is 683. The highest BCUT2D eigenvalue weighted by atomic mass is 35.5. The van der Waals surface area contributed by atoms with Crippen LogP contribution in [0.3, 0.4) is 0 Å². The fourth-order valence-corrected chi connectivity index (χ4v) is 1.97. The van der Waals surface area contributed by atoms with E-state index in [1.54, 1.807) is 37.3 Å². The lowest BCUT2D eigenvalue weighted by Crippen LogP contribution is -2.16. The highest BCUT2D eigenvalue weighted by molar-refractivity contribution is 6.31. The van der Waals surface area contributed by atoms with Crippen LogP contribution in [0.5, 0.6) is 0 Å². The Labute approximate surface area is 121 Å². The molecule has 0 saturated carbocycles. The molecule has 5 heteroatoms. The van der Waals surface area contributed by atoms with Crippen LogP contribution in [0.25, 0.3) is 0 Å². The number of amides is 1. The summed E-state index contributed by atoms with van der Waals surface area (Å²) in [5.74, 6) is -1.62. The molecule has 0 heterocycles. The Balaban J connectivity index is 2.34. The summed E-state index contributed by atoms with van der Waals surface area (Å²) < 4.78 is 0. The summed E-state index contributed by atoms with van der Waals surface area (Å²) in [5.41, 5.74) is 1.36. The number of carbonyl (C=O) groups excluding carboxylic acids is 1. The molecule has 102 valence electrons. The number of nitrogens with one attached hydrogen (secondary N) is 1. The molecule has 2 aromatic carbocycles. The molecule has 4 nitrogen and oxygen atoms in total. The summed E-state index contributed by atoms with van der Waals surface area (Å²) in [4.78, 5) is 23.3. The number of aromatic carboxylic acids is 1. The van der Waals surface area contributed by atoms with Crippen LogP contribution in [0.2, 0.25) is 5.02 Å². The minimum absolute atomic E-state index is 0.0373. The molecule has 2 rings (SSSR count). The average molecular weight is 290 g/mol. The summed E-state index contributed by atoms with van der Waals surface area (Å²) in [7, 11) is 0. The number of anilines is 1. The van der Waals surface area contributed by atoms with E-state index < -0.39 is 11.9 Å². The van der Waals surface area contributed by atoms with Crippen LogP contribution < -0.4 is 5.32 Å². The van der Waals surface area contributed by atoms with Gasteiger partial charge in [-0.15, -0.1) is 0 Å². The normalized spacial score (nSPS) is 10.1. The molecule has 0 aliphatic heterocycles. The molecule has 0 atom stereocenters. The van der Waals surface area contributed by atoms with E-state index >= 15 is 0 Å². The molecule has 0 aliphatic carbocycles. The number of carbonyl (C=O) groups is 2. The molecule has 0 radical (unpaired) electrons. The number of hydrogen-bond donors (Lipinski definition) is 2. The standard InChI is InChI=1S/C15H12ClNO3/c1-9-12(16)7-4-8-13(9)17-14(18)10-5-2-3-6-11(10)15(19)20/h2-8H,1H3,(H,17,18)(H,19,20). The first-order chi connectivity index (χ1) is 9.50. The zero-order valence-corrected chi connectivity index (χ0v) is 11.4. The Morgan fingerprint density at radius 2 is 1.70 bits per heavy atom. The lowest BCUT2D eigenvalue weighted by molar-refractivity contribution is 0.0692. The van der Waals surface area contributed by atoms with E-state index in [0.29, 0.717) is 10.7 Å². The molecule has 0 spiro atoms. The quantitative estimate of drug-likeness (QED) is 0.907. The Hall–Kier alpha value is -2.33. The first-order valence-electron chi connectivity index (χ1n) is 5.89. The SMILES string of the molecule is Cc1c(Cl)cccc1NC(=O)c1ccccc1C(=O)O. The van der Waals surface area contributed by atoms with Crippen LogP contribution in [0, 0.1) is 6.92 Å². The van der Waals surface area contributed by atoms with Crippen LogP contribution in [-0.2, 0) is 0 Å². The largest absolute Gasteiger partial charge is 0.478 e. The van der Waals surface area contributed by atoms with Gasteiger partial charge in [0.05, 0.1) is 11.1 Å². The topological polar surface area (TPSA) is 66.4 Å². The van der Waals surface area contributed by atoms with Gasteiger partial charge in [-0.05, 0) is 36.8 Å². The zero-order valence-electron chi connectivity index (χ0n) is 10.7. The highest BCUT2D eigenvalue weighted by Crippen LogP contribution is 2.23. The smallest absolute Gasteiger partial charge is 0.336 e. The van der Waals surface area contributed by atoms with E-state index in [0.717, 1.165) is 5.56 Å². The lowest BCUT2D eigenvalue weighted by atomic mass is 10.1. The third-order valence-electron chi connectivity index (χ3n) is 2.92. The van der Waals surface area contributed by atoms with Crippen molar-refractivity contribution in [1.82, 2.24) is 0 Å². The predicted molar refractivity (Wildman–Crippen MR) is 77.5 cm³/mol. The molecule has 2 aromatic rings. The maximum Gasteiger partial charge on any atom is 0.336 e. The summed E-state index contributed by atoms with van der Waals surface area (Å²) in [6.45, 7) is 1.78. The second-order valence-electron chi connectivity index (χ2n) is 4.22. The van der Waals surface area contributed by atoms with E-state index in [2.05, 4.69) is 5.32 Å². The van der Waals surface area contributed by atoms with Crippen LogP contribution in [0.1, 0.15) is 26.3 Å². The van der Waals surface area contributed by atoms with Crippen molar-refractivity contribution in [2.24, 2.45) is 0 Å². The van der Waals surface area contributed by atoms with Crippen molar-refractivity contribution in [2.75, 3.05) is 5.32 Å². The van der Waals surface area contributed by atoms with Gasteiger partial charge in [0, 0.05) is 10.7 Å². The van der Waals surface area contributed by atoms with Gasteiger partial charge in [0.2, 0.25) is 0 Å². The monoisotopic (exact) mass is 289 g/mol. The molecule has 0 unspecified atom stereocenters. The fourth-order valence-electron chi connectivity index (χ4n) is 1.80. The van der Waals surface area contributed by atoms with Crippen LogP contribution >= 0.6 is 11.6 Å². The molecule has 0 saturated heterocycles. The third-order valence-corrected chi connectivity index (χ3v) is 3.33. The third kappa shape index (κ3) is 2.81. The van der Waals surface area contributed by atoms with Gasteiger partial charge < -0.3 is 10.4 Å². The summed E-state index contributed by atoms with van der Waals surface area (Å²) in [6.07, 6.45) is 0. The van der Waals surface area contributed by atoms with Gasteiger partial charge in [-0.3, -0.25) is 4.79 Å². The van der Waals surface area contributed by atoms with Crippen molar-refractivity contribution in [3.8, 4) is 0 Å². The highest BCUT2D eigenvalue weighted by Gasteiger charge is 2.16. The van der Waals surface area contributed by atoms with Crippen molar-refractivity contribution in [3.63, 3.8) is 0 Å². The number of carboxylic acids is 1. The molecule has 0 aromatic heterocycles. The van der Waals surface area contributed by atoms with Gasteiger partial charge in [-0.2, -0.15) is 0 Å². The number of hydrogen-bond acceptors (Lipinski definition) is 2. The Kier molecular flexibility index (Phi) is 4.05. The number of carboxylic acid groups (broad SMARTS) is 1. The number of rotatable bonds is 3. The summed E-state index contributed by atoms with van der Waals surface area (Å²) in [5, 5.41) is 12.3. The summed E-state index contributed by atoms with van der Waals surface area (Å²) in [6, 6.07) is 11.2. The molecular formula is C15H12ClNO3. The Morgan fingerprint density at radius 1 is 1.05 bits per heavy atom. The minimum Gasteiger partial charge on any atom is -0.478 e. The first-order valence-corrected chi connectivity index (χ1v) is 6.27. The van der Waals surface area contributed by atoms with E-state index in [-0.39, 0.29) is 11.1 Å². The molecule has 0 bridgehead atoms. The molecule has 20 heavy (non-hydrogen) atoms. The molecular weight excluding hydrogens is 278 g/mol. The van der Waals surface area contributed by atoms with Crippen LogP contribution in [0.15, 0.2) is 42.5 Å². The van der Waals surface area contributed by atoms with E-state index in [1.165, 1.54) is 12.1 Å². The summed E-state index contributed by atoms with van der Waals surface area (Å²) >= 11 is 5.98. The Morgan fingerprint density at radius 3 is 2.35 bits per heavy atom. The van der Waals surface area contributed by atoms with E-state index in [9.17, 15) is 9.59 Å². The van der Waals surface area contributed by atoms with Gasteiger partial charge in [0.15, 0.2) is 0 Å². The van der Waals surface area contributed by atoms with Gasteiger partial charge >= 0.3 is 5.97 Å². The van der Waals surface area contributed by atoms with Gasteiger partial charge in [0.25, 0.3) is 5.91 Å². The maximum absolute atomic E-state index is 12.2. The molecule has 0 fully saturated rings. The maximum atomic E-state index is 12.2. The van der Waals surface area contributed by atoms with Crippen molar-refractivity contribution in [1.29, 1.82) is 0 Å². The predicted octanol–water partition coefficient (Wildman–Crippen LogP) is 3.60. The molecule has 2 N–H and O–H groups in total. The number of benzene rings is 2. The second-order valence-corrected chi connectivity index (χ2v) is 4.62. The van der Waals surface area contributed by atoms with Gasteiger partial charge in [-0.1, -0.05) is 29.8 Å². The minimum atomic E-state index is -1.14. The second kappa shape index (κ2) is 5.75. The van der Waals surface area contributed by atoms with Crippen LogP contribution in [-0.4, -0.2) is 17.0 Å². The van der Waals surface area contributed by atoms with Crippen LogP contribution in [0.4, 0.5) is 5.69 Å². The van der Waals surface area contributed by atoms with Gasteiger partial charge in [-0.25, -0.2) is 4.79 Å². The van der Waals surface area contributed by atoms with E-state index in [4.69, 9.17) is 16.7 Å². The average Bonchev–Trinajstić information content (AvgIpc) is 2.43. The van der Waals surface area contributed by atoms with Crippen molar-refractivity contribution in [2.45, 2.75) is 6.92 Å². The molecule has 0 aliphatic rings. The zero-order chi connectivity index (χ0) is 14.7. The van der Waals surface area contributed by atoms with Crippen molar-refractivity contribution >= 4 is 29.2 Å². The molecule has 1 amide bonds. The van der Waals surface area contributed by atoms with Crippen molar-refractivity contribution < 1.29 is 14.7 Å². The fraction of sp³-hybridized carbons (Fsp3) is 0.0667.